The third-order valence-corrected chi connectivity index (χ3v) is 3.65. The molecule has 0 saturated carbocycles. The fourth-order valence-corrected chi connectivity index (χ4v) is 2.78. The standard InChI is InChI=1S/C14H16BrNO/c1-2-4-10-8-12(16)13(14(10)17)9-5-3-6-11(15)7-9/h3,5-7,10H,2,4,8,16H2,1H3. The number of hydrogen-bond donors (Lipinski definition) is 1. The largest absolute Gasteiger partial charge is 0.401 e. The third-order valence-electron chi connectivity index (χ3n) is 3.16. The molecule has 3 heteroatoms. The van der Waals surface area contributed by atoms with Crippen LogP contribution in [-0.4, -0.2) is 5.78 Å². The minimum absolute atomic E-state index is 0.0916. The van der Waals surface area contributed by atoms with Gasteiger partial charge in [-0.3, -0.25) is 4.79 Å². The lowest BCUT2D eigenvalue weighted by molar-refractivity contribution is -0.116. The summed E-state index contributed by atoms with van der Waals surface area (Å²) in [5, 5.41) is 0. The molecule has 1 atom stereocenters. The molecule has 1 unspecified atom stereocenters. The van der Waals surface area contributed by atoms with Gasteiger partial charge in [0.1, 0.15) is 0 Å². The van der Waals surface area contributed by atoms with Crippen molar-refractivity contribution in [2.24, 2.45) is 11.7 Å². The maximum atomic E-state index is 12.3. The van der Waals surface area contributed by atoms with Crippen molar-refractivity contribution >= 4 is 27.3 Å². The van der Waals surface area contributed by atoms with Crippen LogP contribution < -0.4 is 5.73 Å². The van der Waals surface area contributed by atoms with Gasteiger partial charge in [0.25, 0.3) is 0 Å². The molecule has 0 saturated heterocycles. The molecule has 0 radical (unpaired) electrons. The molecule has 1 aliphatic carbocycles. The highest BCUT2D eigenvalue weighted by molar-refractivity contribution is 9.10. The van der Waals surface area contributed by atoms with E-state index in [1.165, 1.54) is 0 Å². The van der Waals surface area contributed by atoms with Crippen LogP contribution >= 0.6 is 15.9 Å². The molecule has 0 bridgehead atoms. The van der Waals surface area contributed by atoms with Crippen LogP contribution in [0.5, 0.6) is 0 Å². The predicted molar refractivity (Wildman–Crippen MR) is 73.3 cm³/mol. The second kappa shape index (κ2) is 5.05. The average Bonchev–Trinajstić information content (AvgIpc) is 2.55. The minimum atomic E-state index is 0.0916. The zero-order valence-electron chi connectivity index (χ0n) is 9.87. The molecule has 0 aliphatic heterocycles. The average molecular weight is 294 g/mol. The number of allylic oxidation sites excluding steroid dienone is 2. The number of carbonyl (C=O) groups is 1. The number of rotatable bonds is 3. The summed E-state index contributed by atoms with van der Waals surface area (Å²) in [6.07, 6.45) is 2.67. The maximum Gasteiger partial charge on any atom is 0.168 e. The lowest BCUT2D eigenvalue weighted by Crippen LogP contribution is -2.09. The first-order valence-electron chi connectivity index (χ1n) is 5.92. The van der Waals surface area contributed by atoms with Gasteiger partial charge < -0.3 is 5.73 Å². The molecule has 0 spiro atoms. The van der Waals surface area contributed by atoms with Crippen molar-refractivity contribution in [2.45, 2.75) is 26.2 Å². The first kappa shape index (κ1) is 12.4. The third kappa shape index (κ3) is 2.44. The Morgan fingerprint density at radius 1 is 1.47 bits per heavy atom. The first-order valence-corrected chi connectivity index (χ1v) is 6.71. The number of benzene rings is 1. The van der Waals surface area contributed by atoms with E-state index in [2.05, 4.69) is 22.9 Å². The second-order valence-electron chi connectivity index (χ2n) is 4.46. The monoisotopic (exact) mass is 293 g/mol. The van der Waals surface area contributed by atoms with Gasteiger partial charge in [0, 0.05) is 21.7 Å². The van der Waals surface area contributed by atoms with Gasteiger partial charge in [-0.25, -0.2) is 0 Å². The fraction of sp³-hybridized carbons (Fsp3) is 0.357. The lowest BCUT2D eigenvalue weighted by atomic mass is 9.96. The quantitative estimate of drug-likeness (QED) is 0.927. The molecule has 1 aliphatic rings. The highest BCUT2D eigenvalue weighted by Gasteiger charge is 2.31. The van der Waals surface area contributed by atoms with Crippen molar-refractivity contribution in [3.05, 3.63) is 40.0 Å². The molecule has 90 valence electrons. The highest BCUT2D eigenvalue weighted by atomic mass is 79.9. The second-order valence-corrected chi connectivity index (χ2v) is 5.38. The highest BCUT2D eigenvalue weighted by Crippen LogP contribution is 2.35. The molecular formula is C14H16BrNO. The summed E-state index contributed by atoms with van der Waals surface area (Å²) in [7, 11) is 0. The smallest absolute Gasteiger partial charge is 0.168 e. The Morgan fingerprint density at radius 2 is 2.24 bits per heavy atom. The number of halogens is 1. The van der Waals surface area contributed by atoms with Crippen molar-refractivity contribution < 1.29 is 4.79 Å². The van der Waals surface area contributed by atoms with E-state index < -0.39 is 0 Å². The topological polar surface area (TPSA) is 43.1 Å². The van der Waals surface area contributed by atoms with Crippen LogP contribution in [-0.2, 0) is 4.79 Å². The van der Waals surface area contributed by atoms with E-state index in [0.29, 0.717) is 6.42 Å². The van der Waals surface area contributed by atoms with Crippen LogP contribution in [0.2, 0.25) is 0 Å². The molecule has 1 aromatic rings. The molecule has 2 N–H and O–H groups in total. The van der Waals surface area contributed by atoms with E-state index in [1.54, 1.807) is 0 Å². The number of carbonyl (C=O) groups excluding carboxylic acids is 1. The van der Waals surface area contributed by atoms with Gasteiger partial charge in [-0.05, 0) is 30.5 Å². The summed E-state index contributed by atoms with van der Waals surface area (Å²) < 4.78 is 0.974. The summed E-state index contributed by atoms with van der Waals surface area (Å²) in [6.45, 7) is 2.10. The van der Waals surface area contributed by atoms with Crippen LogP contribution in [0, 0.1) is 5.92 Å². The van der Waals surface area contributed by atoms with E-state index >= 15 is 0 Å². The Hall–Kier alpha value is -1.09. The molecular weight excluding hydrogens is 278 g/mol. The van der Waals surface area contributed by atoms with Crippen molar-refractivity contribution in [3.63, 3.8) is 0 Å². The Morgan fingerprint density at radius 3 is 2.88 bits per heavy atom. The van der Waals surface area contributed by atoms with E-state index in [0.717, 1.165) is 34.1 Å². The number of ketones is 1. The van der Waals surface area contributed by atoms with E-state index in [1.807, 2.05) is 24.3 Å². The van der Waals surface area contributed by atoms with Crippen molar-refractivity contribution in [3.8, 4) is 0 Å². The summed E-state index contributed by atoms with van der Waals surface area (Å²) in [5.74, 6) is 0.302. The van der Waals surface area contributed by atoms with Gasteiger partial charge >= 0.3 is 0 Å². The fourth-order valence-electron chi connectivity index (χ4n) is 2.38. The van der Waals surface area contributed by atoms with Crippen LogP contribution in [0.15, 0.2) is 34.4 Å². The van der Waals surface area contributed by atoms with Crippen molar-refractivity contribution in [1.29, 1.82) is 0 Å². The van der Waals surface area contributed by atoms with Gasteiger partial charge in [0.15, 0.2) is 5.78 Å². The van der Waals surface area contributed by atoms with Crippen molar-refractivity contribution in [1.82, 2.24) is 0 Å². The Kier molecular flexibility index (Phi) is 3.67. The van der Waals surface area contributed by atoms with E-state index in [9.17, 15) is 4.79 Å². The van der Waals surface area contributed by atoms with Crippen LogP contribution in [0.25, 0.3) is 5.57 Å². The number of nitrogens with two attached hydrogens (primary N) is 1. The van der Waals surface area contributed by atoms with Crippen LogP contribution in [0.1, 0.15) is 31.7 Å². The molecule has 0 heterocycles. The molecule has 2 nitrogen and oxygen atoms in total. The molecule has 17 heavy (non-hydrogen) atoms. The molecule has 0 amide bonds. The number of hydrogen-bond acceptors (Lipinski definition) is 2. The van der Waals surface area contributed by atoms with Crippen molar-refractivity contribution in [2.75, 3.05) is 0 Å². The molecule has 0 fully saturated rings. The van der Waals surface area contributed by atoms with Gasteiger partial charge in [-0.2, -0.15) is 0 Å². The van der Waals surface area contributed by atoms with E-state index in [-0.39, 0.29) is 11.7 Å². The summed E-state index contributed by atoms with van der Waals surface area (Å²) in [4.78, 5) is 12.3. The van der Waals surface area contributed by atoms with E-state index in [4.69, 9.17) is 5.73 Å². The Bertz CT molecular complexity index is 479. The molecule has 2 rings (SSSR count). The number of Topliss-reactive ketones (excluding diaryl/α,β-unsaturated/α-hetero) is 1. The minimum Gasteiger partial charge on any atom is -0.401 e. The van der Waals surface area contributed by atoms with Crippen LogP contribution in [0.3, 0.4) is 0 Å². The SMILES string of the molecule is CCCC1CC(N)=C(c2cccc(Br)c2)C1=O. The zero-order valence-corrected chi connectivity index (χ0v) is 11.5. The predicted octanol–water partition coefficient (Wildman–Crippen LogP) is 3.51. The van der Waals surface area contributed by atoms with Gasteiger partial charge in [-0.1, -0.05) is 41.4 Å². The molecule has 0 aromatic heterocycles. The summed E-state index contributed by atoms with van der Waals surface area (Å²) in [6, 6.07) is 7.77. The van der Waals surface area contributed by atoms with Gasteiger partial charge in [0.05, 0.1) is 0 Å². The van der Waals surface area contributed by atoms with Gasteiger partial charge in [0.2, 0.25) is 0 Å². The Balaban J connectivity index is 2.33. The Labute approximate surface area is 110 Å². The normalized spacial score (nSPS) is 20.1. The maximum absolute atomic E-state index is 12.3. The lowest BCUT2D eigenvalue weighted by Gasteiger charge is -2.07. The van der Waals surface area contributed by atoms with Crippen LogP contribution in [0.4, 0.5) is 0 Å². The zero-order chi connectivity index (χ0) is 12.4. The first-order chi connectivity index (χ1) is 8.13. The van der Waals surface area contributed by atoms with Gasteiger partial charge in [-0.15, -0.1) is 0 Å². The molecule has 1 aromatic carbocycles. The summed E-state index contributed by atoms with van der Waals surface area (Å²) in [5.41, 5.74) is 8.42. The summed E-state index contributed by atoms with van der Waals surface area (Å²) >= 11 is 3.42.